The number of hydrogen-bond acceptors (Lipinski definition) is 3. The van der Waals surface area contributed by atoms with Gasteiger partial charge in [-0.25, -0.2) is 0 Å². The van der Waals surface area contributed by atoms with E-state index in [1.165, 1.54) is 0 Å². The third-order valence-corrected chi connectivity index (χ3v) is 7.14. The molecule has 6 heteroatoms. The van der Waals surface area contributed by atoms with Crippen molar-refractivity contribution in [1.82, 2.24) is 10.2 Å². The summed E-state index contributed by atoms with van der Waals surface area (Å²) in [5, 5.41) is 15.2. The number of carbonyl (C=O) groups excluding carboxylic acids is 2. The monoisotopic (exact) mass is 446 g/mol. The van der Waals surface area contributed by atoms with Crippen LogP contribution in [-0.2, 0) is 15.2 Å². The van der Waals surface area contributed by atoms with Gasteiger partial charge in [0.05, 0.1) is 5.60 Å². The molecule has 1 fully saturated rings. The van der Waals surface area contributed by atoms with Gasteiger partial charge in [0.1, 0.15) is 6.04 Å². The Kier molecular flexibility index (Phi) is 7.17. The summed E-state index contributed by atoms with van der Waals surface area (Å²) in [5.41, 5.74) is -0.804. The maximum absolute atomic E-state index is 13.4. The first-order chi connectivity index (χ1) is 14.5. The first-order valence-electron chi connectivity index (χ1n) is 11.3. The molecule has 1 saturated heterocycles. The van der Waals surface area contributed by atoms with Crippen LogP contribution in [0.4, 0.5) is 0 Å². The van der Waals surface area contributed by atoms with Crippen molar-refractivity contribution in [3.63, 3.8) is 0 Å². The predicted molar refractivity (Wildman–Crippen MR) is 124 cm³/mol. The number of halogens is 1. The summed E-state index contributed by atoms with van der Waals surface area (Å²) in [5.74, 6) is 0.107. The molecule has 3 atom stereocenters. The van der Waals surface area contributed by atoms with Crippen LogP contribution in [0.5, 0.6) is 0 Å². The van der Waals surface area contributed by atoms with Crippen molar-refractivity contribution >= 4 is 23.4 Å². The van der Waals surface area contributed by atoms with Crippen LogP contribution >= 0.6 is 11.6 Å². The number of nitrogens with one attached hydrogen (secondary N) is 1. The Morgan fingerprint density at radius 2 is 1.94 bits per heavy atom. The Labute approximate surface area is 190 Å². The zero-order valence-electron chi connectivity index (χ0n) is 19.0. The number of carbonyl (C=O) groups is 2. The number of allylic oxidation sites excluding steroid dienone is 2. The lowest BCUT2D eigenvalue weighted by Gasteiger charge is -2.51. The molecule has 1 aliphatic heterocycles. The Balaban J connectivity index is 1.70. The summed E-state index contributed by atoms with van der Waals surface area (Å²) < 4.78 is 0. The molecular formula is C25H35ClN2O3. The molecule has 0 saturated carbocycles. The number of aliphatic hydroxyl groups is 1. The molecule has 2 N–H and O–H groups in total. The van der Waals surface area contributed by atoms with Crippen LogP contribution < -0.4 is 5.32 Å². The summed E-state index contributed by atoms with van der Waals surface area (Å²) in [4.78, 5) is 27.8. The molecule has 3 rings (SSSR count). The Morgan fingerprint density at radius 1 is 1.26 bits per heavy atom. The van der Waals surface area contributed by atoms with Crippen molar-refractivity contribution in [2.75, 3.05) is 13.1 Å². The van der Waals surface area contributed by atoms with Crippen molar-refractivity contribution in [2.45, 2.75) is 65.0 Å². The fourth-order valence-corrected chi connectivity index (χ4v) is 4.94. The van der Waals surface area contributed by atoms with E-state index in [1.54, 1.807) is 17.0 Å². The van der Waals surface area contributed by atoms with Crippen LogP contribution in [0.15, 0.2) is 36.4 Å². The van der Waals surface area contributed by atoms with Crippen molar-refractivity contribution in [3.05, 3.63) is 47.0 Å². The van der Waals surface area contributed by atoms with E-state index in [1.807, 2.05) is 39.8 Å². The van der Waals surface area contributed by atoms with Gasteiger partial charge in [-0.1, -0.05) is 63.6 Å². The highest BCUT2D eigenvalue weighted by atomic mass is 35.5. The van der Waals surface area contributed by atoms with E-state index in [0.717, 1.165) is 18.4 Å². The molecular weight excluding hydrogens is 412 g/mol. The van der Waals surface area contributed by atoms with E-state index < -0.39 is 17.1 Å². The van der Waals surface area contributed by atoms with E-state index in [9.17, 15) is 14.7 Å². The Bertz CT molecular complexity index is 834. The van der Waals surface area contributed by atoms with Crippen LogP contribution in [0, 0.1) is 17.3 Å². The quantitative estimate of drug-likeness (QED) is 0.640. The molecule has 1 aromatic carbocycles. The second kappa shape index (κ2) is 9.33. The van der Waals surface area contributed by atoms with Crippen molar-refractivity contribution in [1.29, 1.82) is 0 Å². The van der Waals surface area contributed by atoms with Crippen LogP contribution in [0.25, 0.3) is 0 Å². The zero-order chi connectivity index (χ0) is 22.8. The summed E-state index contributed by atoms with van der Waals surface area (Å²) in [6, 6.07) is 6.72. The molecule has 2 amide bonds. The van der Waals surface area contributed by atoms with Gasteiger partial charge < -0.3 is 15.3 Å². The average molecular weight is 447 g/mol. The minimum absolute atomic E-state index is 0.0178. The Hall–Kier alpha value is -1.85. The van der Waals surface area contributed by atoms with E-state index in [-0.39, 0.29) is 23.7 Å². The van der Waals surface area contributed by atoms with Gasteiger partial charge >= 0.3 is 0 Å². The number of piperidine rings is 1. The highest BCUT2D eigenvalue weighted by Gasteiger charge is 2.50. The normalized spacial score (nSPS) is 26.2. The SMILES string of the molecule is CC(C)[C@@H](NC(=O)CC1C=CCC1)C(=O)N1CC[C@](O)(c2ccc(Cl)cc2)C(C)(C)C1. The van der Waals surface area contributed by atoms with Crippen LogP contribution in [0.1, 0.15) is 58.9 Å². The molecule has 0 aromatic heterocycles. The van der Waals surface area contributed by atoms with Crippen LogP contribution in [-0.4, -0.2) is 41.0 Å². The third kappa shape index (κ3) is 5.15. The topological polar surface area (TPSA) is 69.6 Å². The van der Waals surface area contributed by atoms with E-state index in [4.69, 9.17) is 11.6 Å². The van der Waals surface area contributed by atoms with E-state index in [2.05, 4.69) is 17.5 Å². The lowest BCUT2D eigenvalue weighted by molar-refractivity contribution is -0.156. The number of hydrogen-bond donors (Lipinski definition) is 2. The lowest BCUT2D eigenvalue weighted by Crippen LogP contribution is -2.60. The summed E-state index contributed by atoms with van der Waals surface area (Å²) in [6.45, 7) is 8.73. The maximum atomic E-state index is 13.4. The molecule has 1 heterocycles. The van der Waals surface area contributed by atoms with Crippen LogP contribution in [0.3, 0.4) is 0 Å². The second-order valence-corrected chi connectivity index (χ2v) is 10.5. The molecule has 1 aromatic rings. The van der Waals surface area contributed by atoms with Gasteiger partial charge in [-0.2, -0.15) is 0 Å². The summed E-state index contributed by atoms with van der Waals surface area (Å²) >= 11 is 6.02. The molecule has 31 heavy (non-hydrogen) atoms. The molecule has 0 radical (unpaired) electrons. The number of likely N-dealkylation sites (tertiary alicyclic amines) is 1. The third-order valence-electron chi connectivity index (χ3n) is 6.89. The number of amides is 2. The molecule has 5 nitrogen and oxygen atoms in total. The average Bonchev–Trinajstić information content (AvgIpc) is 3.21. The van der Waals surface area contributed by atoms with Gasteiger partial charge in [0.15, 0.2) is 0 Å². The first kappa shape index (κ1) is 23.8. The summed E-state index contributed by atoms with van der Waals surface area (Å²) in [6.07, 6.45) is 7.08. The molecule has 1 unspecified atom stereocenters. The molecule has 1 aliphatic carbocycles. The van der Waals surface area contributed by atoms with E-state index in [0.29, 0.717) is 31.0 Å². The highest BCUT2D eigenvalue weighted by Crippen LogP contribution is 2.46. The molecule has 2 aliphatic rings. The second-order valence-electron chi connectivity index (χ2n) is 10.0. The van der Waals surface area contributed by atoms with Gasteiger partial charge in [-0.15, -0.1) is 0 Å². The van der Waals surface area contributed by atoms with Gasteiger partial charge in [0.25, 0.3) is 0 Å². The fraction of sp³-hybridized carbons (Fsp3) is 0.600. The number of rotatable bonds is 6. The zero-order valence-corrected chi connectivity index (χ0v) is 19.8. The first-order valence-corrected chi connectivity index (χ1v) is 11.6. The Morgan fingerprint density at radius 3 is 2.48 bits per heavy atom. The number of benzene rings is 1. The van der Waals surface area contributed by atoms with E-state index >= 15 is 0 Å². The van der Waals surface area contributed by atoms with Gasteiger partial charge in [0, 0.05) is 29.9 Å². The molecule has 170 valence electrons. The largest absolute Gasteiger partial charge is 0.384 e. The number of nitrogens with zero attached hydrogens (tertiary/aromatic N) is 1. The van der Waals surface area contributed by atoms with Crippen molar-refractivity contribution < 1.29 is 14.7 Å². The minimum Gasteiger partial charge on any atom is -0.384 e. The standard InChI is InChI=1S/C25H35ClN2O3/c1-17(2)22(27-21(29)15-18-7-5-6-8-18)23(30)28-14-13-25(31,24(3,4)16-28)19-9-11-20(26)12-10-19/h5,7,9-12,17-18,22,31H,6,8,13-16H2,1-4H3,(H,27,29)/t18?,22-,25+/m1/s1. The van der Waals surface area contributed by atoms with Gasteiger partial charge in [0.2, 0.25) is 11.8 Å². The maximum Gasteiger partial charge on any atom is 0.245 e. The summed E-state index contributed by atoms with van der Waals surface area (Å²) in [7, 11) is 0. The minimum atomic E-state index is -1.06. The highest BCUT2D eigenvalue weighted by molar-refractivity contribution is 6.30. The molecule has 0 bridgehead atoms. The predicted octanol–water partition coefficient (Wildman–Crippen LogP) is 4.28. The lowest BCUT2D eigenvalue weighted by atomic mass is 9.66. The smallest absolute Gasteiger partial charge is 0.245 e. The van der Waals surface area contributed by atoms with Crippen molar-refractivity contribution in [3.8, 4) is 0 Å². The van der Waals surface area contributed by atoms with Gasteiger partial charge in [-0.3, -0.25) is 9.59 Å². The molecule has 0 spiro atoms. The van der Waals surface area contributed by atoms with Gasteiger partial charge in [-0.05, 0) is 48.8 Å². The van der Waals surface area contributed by atoms with Crippen LogP contribution in [0.2, 0.25) is 5.02 Å². The fourth-order valence-electron chi connectivity index (χ4n) is 4.82. The van der Waals surface area contributed by atoms with Crippen molar-refractivity contribution in [2.24, 2.45) is 17.3 Å².